The maximum Gasteiger partial charge on any atom is 0.416 e. The fourth-order valence-corrected chi connectivity index (χ4v) is 7.16. The van der Waals surface area contributed by atoms with E-state index in [0.717, 1.165) is 12.1 Å². The molecule has 5 atom stereocenters. The number of hydrogen-bond acceptors (Lipinski definition) is 10. The van der Waals surface area contributed by atoms with Crippen LogP contribution in [0.1, 0.15) is 41.6 Å². The van der Waals surface area contributed by atoms with E-state index in [1.165, 1.54) is 43.3 Å². The second-order valence-electron chi connectivity index (χ2n) is 12.5. The first-order chi connectivity index (χ1) is 22.4. The molecule has 3 aliphatic rings. The monoisotopic (exact) mass is 672 g/mol. The van der Waals surface area contributed by atoms with Gasteiger partial charge in [0.1, 0.15) is 28.9 Å². The van der Waals surface area contributed by atoms with Crippen molar-refractivity contribution in [2.45, 2.75) is 43.6 Å². The quantitative estimate of drug-likeness (QED) is 0.188. The Morgan fingerprint density at radius 1 is 1.06 bits per heavy atom. The van der Waals surface area contributed by atoms with E-state index in [1.807, 2.05) is 0 Å². The number of primary amides is 1. The van der Waals surface area contributed by atoms with Gasteiger partial charge in [0.05, 0.1) is 22.9 Å². The van der Waals surface area contributed by atoms with E-state index in [4.69, 9.17) is 5.73 Å². The number of carbonyl (C=O) groups excluding carboxylic acids is 4. The molecule has 2 amide bonds. The number of halogens is 3. The molecule has 1 saturated carbocycles. The summed E-state index contributed by atoms with van der Waals surface area (Å²) in [4.78, 5) is 55.9. The summed E-state index contributed by atoms with van der Waals surface area (Å²) >= 11 is 0. The molecular formula is C33H35F3N4O8. The number of Topliss-reactive ketones (excluding diaryl/α,β-unsaturated/α-hetero) is 2. The molecule has 15 heteroatoms. The molecule has 2 aromatic rings. The van der Waals surface area contributed by atoms with E-state index < -0.39 is 87.5 Å². The van der Waals surface area contributed by atoms with Crippen LogP contribution in [0.2, 0.25) is 0 Å². The summed E-state index contributed by atoms with van der Waals surface area (Å²) in [5, 5.41) is 48.1. The average molecular weight is 673 g/mol. The summed E-state index contributed by atoms with van der Waals surface area (Å²) in [5.74, 6) is -8.65. The van der Waals surface area contributed by atoms with Crippen LogP contribution in [0.3, 0.4) is 0 Å². The number of amides is 2. The van der Waals surface area contributed by atoms with Crippen LogP contribution < -0.4 is 11.1 Å². The number of phenols is 1. The van der Waals surface area contributed by atoms with Crippen LogP contribution in [-0.2, 0) is 31.8 Å². The van der Waals surface area contributed by atoms with Crippen LogP contribution in [0.25, 0.3) is 5.76 Å². The molecule has 48 heavy (non-hydrogen) atoms. The number of alkyl halides is 3. The zero-order valence-electron chi connectivity index (χ0n) is 26.4. The number of nitrogens with zero attached hydrogens (tertiary/aromatic N) is 2. The van der Waals surface area contributed by atoms with Crippen molar-refractivity contribution in [3.8, 4) is 5.75 Å². The number of likely N-dealkylation sites (N-methyl/N-ethyl adjacent to an activating group) is 2. The first-order valence-electron chi connectivity index (χ1n) is 15.0. The average Bonchev–Trinajstić information content (AvgIpc) is 2.99. The third-order valence-electron chi connectivity index (χ3n) is 9.59. The van der Waals surface area contributed by atoms with Gasteiger partial charge in [0, 0.05) is 11.5 Å². The third kappa shape index (κ3) is 5.31. The Labute approximate surface area is 272 Å². The number of fused-ring (bicyclic) bond motifs is 3. The SMILES string of the molecule is CCN(C)C(C(=O)Nc1ccc2c(c1O)C(O)=C1C(=O)C3(O)C(O)=C(C(N)=O)C(=O)[C@@H](N(C)C)C3CC1C2)c1ccc(C(F)(F)F)cc1. The highest BCUT2D eigenvalue weighted by Gasteiger charge is 2.64. The fourth-order valence-electron chi connectivity index (χ4n) is 7.16. The van der Waals surface area contributed by atoms with Crippen molar-refractivity contribution in [1.29, 1.82) is 0 Å². The summed E-state index contributed by atoms with van der Waals surface area (Å²) < 4.78 is 39.4. The van der Waals surface area contributed by atoms with Gasteiger partial charge in [-0.1, -0.05) is 25.1 Å². The van der Waals surface area contributed by atoms with Crippen LogP contribution >= 0.6 is 0 Å². The highest BCUT2D eigenvalue weighted by Crippen LogP contribution is 2.53. The number of hydrogen-bond donors (Lipinski definition) is 6. The van der Waals surface area contributed by atoms with E-state index in [-0.39, 0.29) is 35.2 Å². The molecule has 0 heterocycles. The standard InChI is InChI=1S/C33H35F3N4O8/c1-5-40(4)23(14-6-9-17(10-7-14)33(34,35)36)31(47)38-19-11-8-15-12-16-13-18-24(39(2)3)27(43)22(30(37)46)29(45)32(18,48)28(44)21(16)26(42)20(15)25(19)41/h6-11,16,18,23-24,41-42,45,48H,5,12-13H2,1-4H3,(H2,37,46)(H,38,47)/t16?,18?,23?,24-,32?/m0/s1. The Bertz CT molecular complexity index is 1790. The lowest BCUT2D eigenvalue weighted by atomic mass is 9.57. The van der Waals surface area contributed by atoms with Gasteiger partial charge in [0.25, 0.3) is 5.91 Å². The summed E-state index contributed by atoms with van der Waals surface area (Å²) in [6.45, 7) is 2.07. The number of phenolic OH excluding ortho intramolecular Hbond substituents is 1. The van der Waals surface area contributed by atoms with E-state index in [1.54, 1.807) is 18.9 Å². The Morgan fingerprint density at radius 2 is 1.69 bits per heavy atom. The molecule has 3 aliphatic carbocycles. The molecule has 5 rings (SSSR count). The van der Waals surface area contributed by atoms with Gasteiger partial charge in [0.2, 0.25) is 11.7 Å². The van der Waals surface area contributed by atoms with Crippen LogP contribution in [0.15, 0.2) is 53.3 Å². The Hall–Kier alpha value is -4.73. The van der Waals surface area contributed by atoms with Crippen LogP contribution in [0, 0.1) is 11.8 Å². The van der Waals surface area contributed by atoms with Crippen molar-refractivity contribution in [1.82, 2.24) is 9.80 Å². The van der Waals surface area contributed by atoms with Gasteiger partial charge < -0.3 is 31.5 Å². The van der Waals surface area contributed by atoms with Gasteiger partial charge in [-0.25, -0.2) is 0 Å². The number of rotatable bonds is 7. The molecule has 0 bridgehead atoms. The topological polar surface area (TPSA) is 194 Å². The van der Waals surface area contributed by atoms with Gasteiger partial charge in [0.15, 0.2) is 11.4 Å². The van der Waals surface area contributed by atoms with Crippen LogP contribution in [0.5, 0.6) is 5.75 Å². The first kappa shape index (κ1) is 34.6. The van der Waals surface area contributed by atoms with E-state index >= 15 is 0 Å². The largest absolute Gasteiger partial charge is 0.508 e. The minimum Gasteiger partial charge on any atom is -0.508 e. The highest BCUT2D eigenvalue weighted by molar-refractivity contribution is 6.24. The van der Waals surface area contributed by atoms with Gasteiger partial charge in [-0.2, -0.15) is 13.2 Å². The minimum atomic E-state index is -4.57. The molecular weight excluding hydrogens is 637 g/mol. The van der Waals surface area contributed by atoms with Gasteiger partial charge in [-0.3, -0.25) is 29.0 Å². The predicted molar refractivity (Wildman–Crippen MR) is 165 cm³/mol. The summed E-state index contributed by atoms with van der Waals surface area (Å²) in [5.41, 5.74) is 0.599. The molecule has 2 aromatic carbocycles. The number of aromatic hydroxyl groups is 1. The Morgan fingerprint density at radius 3 is 2.23 bits per heavy atom. The number of anilines is 1. The molecule has 0 saturated heterocycles. The number of benzene rings is 2. The Kier molecular flexibility index (Phi) is 8.69. The maximum atomic E-state index is 14.0. The van der Waals surface area contributed by atoms with Crippen molar-refractivity contribution >= 4 is 34.8 Å². The Balaban J connectivity index is 1.54. The van der Waals surface area contributed by atoms with E-state index in [2.05, 4.69) is 5.32 Å². The third-order valence-corrected chi connectivity index (χ3v) is 9.59. The van der Waals surface area contributed by atoms with Crippen molar-refractivity contribution in [2.24, 2.45) is 17.6 Å². The zero-order valence-corrected chi connectivity index (χ0v) is 26.4. The van der Waals surface area contributed by atoms with Gasteiger partial charge >= 0.3 is 6.18 Å². The fraction of sp³-hybridized carbons (Fsp3) is 0.394. The van der Waals surface area contributed by atoms with E-state index in [9.17, 15) is 52.8 Å². The van der Waals surface area contributed by atoms with Crippen LogP contribution in [-0.4, -0.2) is 92.9 Å². The predicted octanol–water partition coefficient (Wildman–Crippen LogP) is 2.61. The number of nitrogens with one attached hydrogen (secondary N) is 1. The van der Waals surface area contributed by atoms with Gasteiger partial charge in [-0.05, 0) is 75.8 Å². The van der Waals surface area contributed by atoms with Crippen molar-refractivity contribution in [3.05, 3.63) is 75.6 Å². The molecule has 256 valence electrons. The van der Waals surface area contributed by atoms with Gasteiger partial charge in [-0.15, -0.1) is 0 Å². The number of ketones is 2. The second kappa shape index (κ2) is 12.1. The molecule has 7 N–H and O–H groups in total. The summed E-state index contributed by atoms with van der Waals surface area (Å²) in [7, 11) is 4.59. The first-order valence-corrected chi connectivity index (χ1v) is 15.0. The highest BCUT2D eigenvalue weighted by atomic mass is 19.4. The number of nitrogens with two attached hydrogens (primary N) is 1. The van der Waals surface area contributed by atoms with Crippen molar-refractivity contribution < 1.29 is 52.8 Å². The van der Waals surface area contributed by atoms with Crippen molar-refractivity contribution in [2.75, 3.05) is 33.0 Å². The lowest BCUT2D eigenvalue weighted by Gasteiger charge is -2.50. The number of aliphatic hydroxyl groups is 3. The number of carbonyl (C=O) groups is 4. The summed E-state index contributed by atoms with van der Waals surface area (Å²) in [6.07, 6.45) is -4.60. The van der Waals surface area contributed by atoms with Crippen molar-refractivity contribution in [3.63, 3.8) is 0 Å². The molecule has 1 fully saturated rings. The molecule has 0 aliphatic heterocycles. The molecule has 12 nitrogen and oxygen atoms in total. The molecule has 4 unspecified atom stereocenters. The zero-order chi connectivity index (χ0) is 35.6. The molecule has 0 spiro atoms. The van der Waals surface area contributed by atoms with Crippen LogP contribution in [0.4, 0.5) is 18.9 Å². The molecule has 0 aromatic heterocycles. The maximum absolute atomic E-state index is 14.0. The number of aliphatic hydroxyl groups excluding tert-OH is 2. The normalized spacial score (nSPS) is 24.8. The minimum absolute atomic E-state index is 0.0586. The second-order valence-corrected chi connectivity index (χ2v) is 12.5. The smallest absolute Gasteiger partial charge is 0.416 e. The van der Waals surface area contributed by atoms with E-state index in [0.29, 0.717) is 12.1 Å². The lowest BCUT2D eigenvalue weighted by Crippen LogP contribution is -2.65. The molecule has 0 radical (unpaired) electrons. The lowest BCUT2D eigenvalue weighted by molar-refractivity contribution is -0.153. The summed E-state index contributed by atoms with van der Waals surface area (Å²) in [6, 6.07) is 4.68.